The molecule has 23 heavy (non-hydrogen) atoms. The van der Waals surface area contributed by atoms with Crippen molar-refractivity contribution in [3.63, 3.8) is 0 Å². The molecule has 124 valence electrons. The summed E-state index contributed by atoms with van der Waals surface area (Å²) < 4.78 is 7.24. The minimum Gasteiger partial charge on any atom is -0.467 e. The van der Waals surface area contributed by atoms with Crippen molar-refractivity contribution in [3.8, 4) is 0 Å². The molecule has 0 bridgehead atoms. The van der Waals surface area contributed by atoms with Crippen LogP contribution in [0, 0.1) is 0 Å². The summed E-state index contributed by atoms with van der Waals surface area (Å²) in [7, 11) is 1.79. The number of amides is 1. The lowest BCUT2D eigenvalue weighted by Gasteiger charge is -2.24. The van der Waals surface area contributed by atoms with E-state index in [1.165, 1.54) is 0 Å². The van der Waals surface area contributed by atoms with Crippen LogP contribution in [-0.2, 0) is 30.7 Å². The van der Waals surface area contributed by atoms with Crippen LogP contribution in [0.5, 0.6) is 0 Å². The number of nitrogens with zero attached hydrogens (tertiary/aromatic N) is 4. The summed E-state index contributed by atoms with van der Waals surface area (Å²) in [6.07, 6.45) is 4.36. The third-order valence-electron chi connectivity index (χ3n) is 4.16. The van der Waals surface area contributed by atoms with Gasteiger partial charge in [-0.3, -0.25) is 4.79 Å². The van der Waals surface area contributed by atoms with E-state index in [2.05, 4.69) is 22.3 Å². The highest BCUT2D eigenvalue weighted by atomic mass is 16.3. The lowest BCUT2D eigenvalue weighted by Crippen LogP contribution is -2.43. The first kappa shape index (κ1) is 15.7. The Morgan fingerprint density at radius 1 is 1.57 bits per heavy atom. The SMILES string of the molecule is CCc1nc2n(n1)CC(NCC(=O)N(C)Cc1ccco1)CC2. The van der Waals surface area contributed by atoms with Gasteiger partial charge in [-0.15, -0.1) is 0 Å². The predicted molar refractivity (Wildman–Crippen MR) is 84.7 cm³/mol. The zero-order valence-electron chi connectivity index (χ0n) is 13.7. The maximum absolute atomic E-state index is 12.2. The van der Waals surface area contributed by atoms with E-state index in [0.717, 1.165) is 43.2 Å². The van der Waals surface area contributed by atoms with E-state index in [9.17, 15) is 4.79 Å². The zero-order valence-corrected chi connectivity index (χ0v) is 13.7. The van der Waals surface area contributed by atoms with Gasteiger partial charge < -0.3 is 14.6 Å². The van der Waals surface area contributed by atoms with Gasteiger partial charge in [0.2, 0.25) is 5.91 Å². The van der Waals surface area contributed by atoms with E-state index < -0.39 is 0 Å². The number of likely N-dealkylation sites (N-methyl/N-ethyl adjacent to an activating group) is 1. The Bertz CT molecular complexity index is 649. The molecule has 7 nitrogen and oxygen atoms in total. The number of nitrogens with one attached hydrogen (secondary N) is 1. The monoisotopic (exact) mass is 317 g/mol. The normalized spacial score (nSPS) is 17.0. The van der Waals surface area contributed by atoms with Crippen LogP contribution in [0.4, 0.5) is 0 Å². The van der Waals surface area contributed by atoms with Gasteiger partial charge in [0.1, 0.15) is 11.6 Å². The summed E-state index contributed by atoms with van der Waals surface area (Å²) >= 11 is 0. The fraction of sp³-hybridized carbons (Fsp3) is 0.562. The van der Waals surface area contributed by atoms with Gasteiger partial charge in [0, 0.05) is 25.9 Å². The van der Waals surface area contributed by atoms with Gasteiger partial charge in [-0.1, -0.05) is 6.92 Å². The first-order chi connectivity index (χ1) is 11.2. The van der Waals surface area contributed by atoms with E-state index in [-0.39, 0.29) is 11.9 Å². The van der Waals surface area contributed by atoms with Gasteiger partial charge in [-0.05, 0) is 18.6 Å². The summed E-state index contributed by atoms with van der Waals surface area (Å²) in [4.78, 5) is 18.4. The molecule has 0 radical (unpaired) electrons. The number of rotatable bonds is 6. The van der Waals surface area contributed by atoms with E-state index in [1.54, 1.807) is 18.2 Å². The molecule has 2 aromatic heterocycles. The quantitative estimate of drug-likeness (QED) is 0.860. The van der Waals surface area contributed by atoms with Crippen LogP contribution in [0.2, 0.25) is 0 Å². The Hall–Kier alpha value is -2.15. The molecule has 7 heteroatoms. The summed E-state index contributed by atoms with van der Waals surface area (Å²) in [5.41, 5.74) is 0. The second kappa shape index (κ2) is 6.95. The van der Waals surface area contributed by atoms with Crippen molar-refractivity contribution in [2.75, 3.05) is 13.6 Å². The average Bonchev–Trinajstić information content (AvgIpc) is 3.20. The number of carbonyl (C=O) groups excluding carboxylic acids is 1. The topological polar surface area (TPSA) is 76.2 Å². The molecule has 2 aromatic rings. The smallest absolute Gasteiger partial charge is 0.236 e. The fourth-order valence-corrected chi connectivity index (χ4v) is 2.77. The van der Waals surface area contributed by atoms with Gasteiger partial charge in [0.15, 0.2) is 5.82 Å². The van der Waals surface area contributed by atoms with Crippen molar-refractivity contribution in [2.24, 2.45) is 0 Å². The van der Waals surface area contributed by atoms with Gasteiger partial charge in [0.25, 0.3) is 0 Å². The van der Waals surface area contributed by atoms with E-state index in [1.807, 2.05) is 16.8 Å². The van der Waals surface area contributed by atoms with Crippen molar-refractivity contribution in [3.05, 3.63) is 35.8 Å². The van der Waals surface area contributed by atoms with Crippen LogP contribution < -0.4 is 5.32 Å². The lowest BCUT2D eigenvalue weighted by atomic mass is 10.1. The molecular weight excluding hydrogens is 294 g/mol. The molecule has 0 spiro atoms. The van der Waals surface area contributed by atoms with Crippen LogP contribution in [-0.4, -0.2) is 45.2 Å². The number of furan rings is 1. The van der Waals surface area contributed by atoms with Crippen molar-refractivity contribution < 1.29 is 9.21 Å². The van der Waals surface area contributed by atoms with E-state index in [0.29, 0.717) is 13.1 Å². The average molecular weight is 317 g/mol. The fourth-order valence-electron chi connectivity index (χ4n) is 2.77. The predicted octanol–water partition coefficient (Wildman–Crippen LogP) is 0.997. The number of hydrogen-bond donors (Lipinski definition) is 1. The second-order valence-corrected chi connectivity index (χ2v) is 5.93. The number of hydrogen-bond acceptors (Lipinski definition) is 5. The van der Waals surface area contributed by atoms with Crippen LogP contribution in [0.25, 0.3) is 0 Å². The van der Waals surface area contributed by atoms with Gasteiger partial charge in [-0.25, -0.2) is 9.67 Å². The van der Waals surface area contributed by atoms with Crippen molar-refractivity contribution in [1.82, 2.24) is 25.0 Å². The Labute approximate surface area is 135 Å². The van der Waals surface area contributed by atoms with Gasteiger partial charge >= 0.3 is 0 Å². The maximum atomic E-state index is 12.2. The summed E-state index contributed by atoms with van der Waals surface area (Å²) in [6.45, 7) is 3.65. The third-order valence-corrected chi connectivity index (χ3v) is 4.16. The molecule has 0 fully saturated rings. The first-order valence-electron chi connectivity index (χ1n) is 8.08. The molecule has 3 rings (SSSR count). The summed E-state index contributed by atoms with van der Waals surface area (Å²) in [6, 6.07) is 3.96. The molecule has 1 amide bonds. The molecule has 3 heterocycles. The molecule has 1 aliphatic heterocycles. The van der Waals surface area contributed by atoms with Gasteiger partial charge in [0.05, 0.1) is 25.9 Å². The standard InChI is InChI=1S/C16H23N5O2/c1-3-14-18-15-7-6-12(10-21(15)19-14)17-9-16(22)20(2)11-13-5-4-8-23-13/h4-5,8,12,17H,3,6-7,9-11H2,1-2H3. The molecule has 0 aromatic carbocycles. The third kappa shape index (κ3) is 3.79. The van der Waals surface area contributed by atoms with Crippen LogP contribution >= 0.6 is 0 Å². The Morgan fingerprint density at radius 2 is 2.43 bits per heavy atom. The van der Waals surface area contributed by atoms with Crippen molar-refractivity contribution >= 4 is 5.91 Å². The summed E-state index contributed by atoms with van der Waals surface area (Å²) in [5.74, 6) is 2.80. The number of aromatic nitrogens is 3. The number of carbonyl (C=O) groups is 1. The highest BCUT2D eigenvalue weighted by Crippen LogP contribution is 2.13. The zero-order chi connectivity index (χ0) is 16.2. The Balaban J connectivity index is 1.47. The van der Waals surface area contributed by atoms with Crippen molar-refractivity contribution in [1.29, 1.82) is 0 Å². The Kier molecular flexibility index (Phi) is 4.76. The van der Waals surface area contributed by atoms with Gasteiger partial charge in [-0.2, -0.15) is 5.10 Å². The lowest BCUT2D eigenvalue weighted by molar-refractivity contribution is -0.129. The molecule has 0 aliphatic carbocycles. The molecule has 1 atom stereocenters. The van der Waals surface area contributed by atoms with Crippen LogP contribution in [0.15, 0.2) is 22.8 Å². The molecule has 0 saturated heterocycles. The highest BCUT2D eigenvalue weighted by molar-refractivity contribution is 5.77. The molecular formula is C16H23N5O2. The minimum atomic E-state index is 0.0556. The number of aryl methyl sites for hydroxylation is 2. The molecule has 1 aliphatic rings. The first-order valence-corrected chi connectivity index (χ1v) is 8.08. The Morgan fingerprint density at radius 3 is 3.17 bits per heavy atom. The molecule has 1 N–H and O–H groups in total. The molecule has 1 unspecified atom stereocenters. The van der Waals surface area contributed by atoms with E-state index >= 15 is 0 Å². The second-order valence-electron chi connectivity index (χ2n) is 5.93. The highest BCUT2D eigenvalue weighted by Gasteiger charge is 2.22. The largest absolute Gasteiger partial charge is 0.467 e. The maximum Gasteiger partial charge on any atom is 0.236 e. The van der Waals surface area contributed by atoms with E-state index in [4.69, 9.17) is 4.42 Å². The van der Waals surface area contributed by atoms with Crippen LogP contribution in [0.3, 0.4) is 0 Å². The molecule has 0 saturated carbocycles. The van der Waals surface area contributed by atoms with Crippen LogP contribution in [0.1, 0.15) is 30.8 Å². The number of fused-ring (bicyclic) bond motifs is 1. The van der Waals surface area contributed by atoms with Crippen molar-refractivity contribution in [2.45, 2.75) is 45.3 Å². The minimum absolute atomic E-state index is 0.0556. The summed E-state index contributed by atoms with van der Waals surface area (Å²) in [5, 5.41) is 7.83.